The normalized spacial score (nSPS) is 19.8. The van der Waals surface area contributed by atoms with E-state index in [4.69, 9.17) is 4.74 Å². The average molecular weight is 254 g/mol. The van der Waals surface area contributed by atoms with Crippen molar-refractivity contribution in [3.8, 4) is 0 Å². The van der Waals surface area contributed by atoms with E-state index in [0.29, 0.717) is 6.61 Å². The summed E-state index contributed by atoms with van der Waals surface area (Å²) in [6.45, 7) is 2.72. The molecule has 2 aromatic rings. The molecule has 0 saturated heterocycles. The van der Waals surface area contributed by atoms with Crippen LogP contribution < -0.4 is 0 Å². The third kappa shape index (κ3) is 2.42. The zero-order chi connectivity index (χ0) is 13.2. The van der Waals surface area contributed by atoms with Gasteiger partial charge in [-0.05, 0) is 30.0 Å². The van der Waals surface area contributed by atoms with Crippen LogP contribution in [0.15, 0.2) is 48.5 Å². The molecule has 2 nitrogen and oxygen atoms in total. The third-order valence-electron chi connectivity index (χ3n) is 3.74. The van der Waals surface area contributed by atoms with Crippen molar-refractivity contribution in [1.82, 2.24) is 0 Å². The first kappa shape index (κ1) is 12.4. The summed E-state index contributed by atoms with van der Waals surface area (Å²) in [5.74, 6) is 0. The lowest BCUT2D eigenvalue weighted by Gasteiger charge is -2.30. The number of aryl methyl sites for hydroxylation is 1. The third-order valence-corrected chi connectivity index (χ3v) is 3.74. The van der Waals surface area contributed by atoms with Gasteiger partial charge in [0.25, 0.3) is 0 Å². The van der Waals surface area contributed by atoms with Gasteiger partial charge in [-0.2, -0.15) is 0 Å². The Labute approximate surface area is 113 Å². The summed E-state index contributed by atoms with van der Waals surface area (Å²) in [5.41, 5.74) is 4.50. The predicted molar refractivity (Wildman–Crippen MR) is 75.0 cm³/mol. The minimum Gasteiger partial charge on any atom is -0.385 e. The predicted octanol–water partition coefficient (Wildman–Crippen LogP) is 3.34. The zero-order valence-electron chi connectivity index (χ0n) is 11.0. The quantitative estimate of drug-likeness (QED) is 0.890. The second-order valence-corrected chi connectivity index (χ2v) is 5.10. The summed E-state index contributed by atoms with van der Waals surface area (Å²) < 4.78 is 5.80. The molecule has 1 aliphatic rings. The second kappa shape index (κ2) is 5.16. The van der Waals surface area contributed by atoms with Crippen molar-refractivity contribution in [2.45, 2.75) is 25.6 Å². The van der Waals surface area contributed by atoms with Gasteiger partial charge in [0.05, 0.1) is 6.61 Å². The van der Waals surface area contributed by atoms with Crippen LogP contribution in [0.3, 0.4) is 0 Å². The summed E-state index contributed by atoms with van der Waals surface area (Å²) in [6, 6.07) is 16.2. The maximum atomic E-state index is 10.6. The zero-order valence-corrected chi connectivity index (χ0v) is 11.0. The number of benzene rings is 2. The molecule has 0 aromatic heterocycles. The van der Waals surface area contributed by atoms with Crippen molar-refractivity contribution in [3.63, 3.8) is 0 Å². The van der Waals surface area contributed by atoms with Crippen LogP contribution in [-0.2, 0) is 11.2 Å². The molecule has 0 bridgehead atoms. The molecular formula is C17H18O2. The van der Waals surface area contributed by atoms with Gasteiger partial charge in [0.1, 0.15) is 12.2 Å². The van der Waals surface area contributed by atoms with Crippen LogP contribution >= 0.6 is 0 Å². The van der Waals surface area contributed by atoms with E-state index in [1.165, 1.54) is 11.1 Å². The van der Waals surface area contributed by atoms with E-state index in [0.717, 1.165) is 17.5 Å². The minimum absolute atomic E-state index is 0.257. The molecule has 2 aromatic carbocycles. The maximum Gasteiger partial charge on any atom is 0.113 e. The van der Waals surface area contributed by atoms with Gasteiger partial charge in [0.15, 0.2) is 0 Å². The van der Waals surface area contributed by atoms with Crippen LogP contribution in [0.5, 0.6) is 0 Å². The van der Waals surface area contributed by atoms with E-state index >= 15 is 0 Å². The Morgan fingerprint density at radius 3 is 2.63 bits per heavy atom. The number of rotatable bonds is 2. The largest absolute Gasteiger partial charge is 0.385 e. The highest BCUT2D eigenvalue weighted by atomic mass is 16.5. The number of ether oxygens (including phenoxy) is 1. The van der Waals surface area contributed by atoms with Gasteiger partial charge in [-0.1, -0.05) is 54.1 Å². The lowest BCUT2D eigenvalue weighted by Crippen LogP contribution is -2.22. The van der Waals surface area contributed by atoms with Crippen molar-refractivity contribution in [3.05, 3.63) is 70.8 Å². The second-order valence-electron chi connectivity index (χ2n) is 5.10. The van der Waals surface area contributed by atoms with Crippen LogP contribution in [0, 0.1) is 6.92 Å². The van der Waals surface area contributed by atoms with Gasteiger partial charge in [0.2, 0.25) is 0 Å². The van der Waals surface area contributed by atoms with Crippen LogP contribution in [0.4, 0.5) is 0 Å². The van der Waals surface area contributed by atoms with Gasteiger partial charge in [-0.25, -0.2) is 0 Å². The van der Waals surface area contributed by atoms with Gasteiger partial charge >= 0.3 is 0 Å². The Kier molecular flexibility index (Phi) is 3.36. The van der Waals surface area contributed by atoms with E-state index in [2.05, 4.69) is 12.1 Å². The van der Waals surface area contributed by atoms with E-state index in [1.54, 1.807) is 0 Å². The summed E-state index contributed by atoms with van der Waals surface area (Å²) in [7, 11) is 0. The summed E-state index contributed by atoms with van der Waals surface area (Å²) >= 11 is 0. The molecule has 2 unspecified atom stereocenters. The first-order chi connectivity index (χ1) is 9.25. The maximum absolute atomic E-state index is 10.6. The van der Waals surface area contributed by atoms with Gasteiger partial charge in [-0.3, -0.25) is 0 Å². The molecule has 2 heteroatoms. The summed E-state index contributed by atoms with van der Waals surface area (Å²) in [5, 5.41) is 10.6. The summed E-state index contributed by atoms with van der Waals surface area (Å²) in [6.07, 6.45) is 0.0579. The molecule has 1 N–H and O–H groups in total. The molecule has 0 spiro atoms. The van der Waals surface area contributed by atoms with E-state index in [-0.39, 0.29) is 6.10 Å². The number of hydrogen-bond donors (Lipinski definition) is 1. The molecule has 19 heavy (non-hydrogen) atoms. The van der Waals surface area contributed by atoms with Gasteiger partial charge in [0, 0.05) is 0 Å². The lowest BCUT2D eigenvalue weighted by molar-refractivity contribution is -0.0483. The molecule has 0 radical (unpaired) electrons. The topological polar surface area (TPSA) is 29.5 Å². The first-order valence-electron chi connectivity index (χ1n) is 6.70. The van der Waals surface area contributed by atoms with E-state index in [1.807, 2.05) is 43.3 Å². The lowest BCUT2D eigenvalue weighted by atomic mass is 9.91. The van der Waals surface area contributed by atoms with E-state index < -0.39 is 6.10 Å². The summed E-state index contributed by atoms with van der Waals surface area (Å²) in [4.78, 5) is 0. The van der Waals surface area contributed by atoms with Crippen LogP contribution in [0.1, 0.15) is 34.5 Å². The molecule has 3 rings (SSSR count). The van der Waals surface area contributed by atoms with Crippen LogP contribution in [0.25, 0.3) is 0 Å². The molecule has 1 aliphatic heterocycles. The first-order valence-corrected chi connectivity index (χ1v) is 6.70. The van der Waals surface area contributed by atoms with E-state index in [9.17, 15) is 5.11 Å². The average Bonchev–Trinajstić information content (AvgIpc) is 2.47. The fraction of sp³-hybridized carbons (Fsp3) is 0.294. The number of aliphatic hydroxyl groups excluding tert-OH is 1. The standard InChI is InChI=1S/C17H18O2/c1-12-6-8-14(9-7-12)16(18)17-15-5-3-2-4-13(15)10-11-19-17/h2-9,16-18H,10-11H2,1H3. The Hall–Kier alpha value is -1.64. The molecule has 2 atom stereocenters. The Bertz CT molecular complexity index is 560. The Morgan fingerprint density at radius 1 is 1.11 bits per heavy atom. The van der Waals surface area contributed by atoms with Crippen molar-refractivity contribution in [1.29, 1.82) is 0 Å². The Morgan fingerprint density at radius 2 is 1.84 bits per heavy atom. The number of hydrogen-bond acceptors (Lipinski definition) is 2. The van der Waals surface area contributed by atoms with Gasteiger partial charge < -0.3 is 9.84 Å². The van der Waals surface area contributed by atoms with Crippen molar-refractivity contribution < 1.29 is 9.84 Å². The SMILES string of the molecule is Cc1ccc(C(O)C2OCCc3ccccc32)cc1. The van der Waals surface area contributed by atoms with Crippen LogP contribution in [-0.4, -0.2) is 11.7 Å². The molecule has 0 saturated carbocycles. The monoisotopic (exact) mass is 254 g/mol. The fourth-order valence-electron chi connectivity index (χ4n) is 2.62. The van der Waals surface area contributed by atoms with Crippen molar-refractivity contribution in [2.75, 3.05) is 6.61 Å². The number of fused-ring (bicyclic) bond motifs is 1. The minimum atomic E-state index is -0.609. The highest BCUT2D eigenvalue weighted by Crippen LogP contribution is 2.36. The molecule has 1 heterocycles. The molecule has 0 amide bonds. The highest BCUT2D eigenvalue weighted by Gasteiger charge is 2.28. The highest BCUT2D eigenvalue weighted by molar-refractivity contribution is 5.34. The Balaban J connectivity index is 1.92. The molecule has 0 fully saturated rings. The van der Waals surface area contributed by atoms with Crippen molar-refractivity contribution >= 4 is 0 Å². The van der Waals surface area contributed by atoms with Gasteiger partial charge in [-0.15, -0.1) is 0 Å². The smallest absolute Gasteiger partial charge is 0.113 e. The molecule has 98 valence electrons. The van der Waals surface area contributed by atoms with Crippen molar-refractivity contribution in [2.24, 2.45) is 0 Å². The molecular weight excluding hydrogens is 236 g/mol. The number of aliphatic hydroxyl groups is 1. The van der Waals surface area contributed by atoms with Crippen LogP contribution in [0.2, 0.25) is 0 Å². The molecule has 0 aliphatic carbocycles. The fourth-order valence-corrected chi connectivity index (χ4v) is 2.62.